The molecule has 0 unspecified atom stereocenters. The number of hydrogen-bond acceptors (Lipinski definition) is 11. The number of nitrogens with zero attached hydrogens (tertiary/aromatic N) is 5. The van der Waals surface area contributed by atoms with Crippen LogP contribution in [-0.2, 0) is 34.5 Å². The highest BCUT2D eigenvalue weighted by Crippen LogP contribution is 2.34. The van der Waals surface area contributed by atoms with Crippen molar-refractivity contribution >= 4 is 9.84 Å². The number of hydrogen-bond donors (Lipinski definition) is 0. The van der Waals surface area contributed by atoms with E-state index in [1.165, 1.54) is 26.6 Å². The van der Waals surface area contributed by atoms with Crippen LogP contribution in [0.2, 0.25) is 0 Å². The highest BCUT2D eigenvalue weighted by molar-refractivity contribution is 7.91. The first kappa shape index (κ1) is 27.4. The lowest BCUT2D eigenvalue weighted by Gasteiger charge is -2.24. The molecule has 0 amide bonds. The highest BCUT2D eigenvalue weighted by Gasteiger charge is 2.37. The molecule has 13 heteroatoms. The Labute approximate surface area is 206 Å². The molecule has 4 atom stereocenters. The molecule has 12 nitrogen and oxygen atoms in total. The normalized spacial score (nSPS) is 20.3. The summed E-state index contributed by atoms with van der Waals surface area (Å²) in [5.41, 5.74) is 0. The second-order valence-corrected chi connectivity index (χ2v) is 10.9. The van der Waals surface area contributed by atoms with E-state index in [0.29, 0.717) is 30.6 Å². The van der Waals surface area contributed by atoms with E-state index in [1.54, 1.807) is 25.7 Å². The largest absolute Gasteiger partial charge is 0.494 e. The van der Waals surface area contributed by atoms with Gasteiger partial charge in [-0.25, -0.2) is 18.4 Å². The molecule has 0 saturated carbocycles. The first-order chi connectivity index (χ1) is 16.7. The van der Waals surface area contributed by atoms with Crippen LogP contribution in [0, 0.1) is 0 Å². The molecule has 0 spiro atoms. The summed E-state index contributed by atoms with van der Waals surface area (Å²) < 4.78 is 56.2. The average Bonchev–Trinajstić information content (AvgIpc) is 3.45. The Balaban J connectivity index is 1.93. The van der Waals surface area contributed by atoms with Gasteiger partial charge in [0, 0.05) is 21.3 Å². The molecule has 196 valence electrons. The first-order valence-corrected chi connectivity index (χ1v) is 13.1. The lowest BCUT2D eigenvalue weighted by molar-refractivity contribution is 0.0399. The first-order valence-electron chi connectivity index (χ1n) is 11.4. The second-order valence-electron chi connectivity index (χ2n) is 8.57. The summed E-state index contributed by atoms with van der Waals surface area (Å²) in [6.45, 7) is 4.16. The van der Waals surface area contributed by atoms with Crippen molar-refractivity contribution in [3.8, 4) is 5.75 Å². The predicted octanol–water partition coefficient (Wildman–Crippen LogP) is 1.84. The fraction of sp³-hybridized carbons (Fsp3) is 0.727. The molecule has 0 aromatic carbocycles. The fourth-order valence-electron chi connectivity index (χ4n) is 4.21. The summed E-state index contributed by atoms with van der Waals surface area (Å²) in [6.07, 6.45) is 3.54. The number of rotatable bonds is 13. The maximum absolute atomic E-state index is 13.5. The van der Waals surface area contributed by atoms with Gasteiger partial charge >= 0.3 is 0 Å². The number of ether oxygens (including phenoxy) is 5. The van der Waals surface area contributed by atoms with E-state index in [9.17, 15) is 8.42 Å². The van der Waals surface area contributed by atoms with Gasteiger partial charge in [0.1, 0.15) is 23.8 Å². The van der Waals surface area contributed by atoms with Crippen LogP contribution in [0.4, 0.5) is 0 Å². The molecule has 1 aliphatic heterocycles. The van der Waals surface area contributed by atoms with E-state index >= 15 is 0 Å². The van der Waals surface area contributed by atoms with Gasteiger partial charge in [-0.15, -0.1) is 10.2 Å². The molecule has 1 saturated heterocycles. The van der Waals surface area contributed by atoms with Crippen molar-refractivity contribution < 1.29 is 32.1 Å². The summed E-state index contributed by atoms with van der Waals surface area (Å²) in [6, 6.07) is -0.321. The zero-order chi connectivity index (χ0) is 25.6. The third-order valence-corrected chi connectivity index (χ3v) is 8.15. The van der Waals surface area contributed by atoms with Gasteiger partial charge in [0.05, 0.1) is 50.1 Å². The smallest absolute Gasteiger partial charge is 0.163 e. The minimum atomic E-state index is -3.78. The summed E-state index contributed by atoms with van der Waals surface area (Å²) in [5, 5.41) is 7.66. The van der Waals surface area contributed by atoms with Crippen LogP contribution in [-0.4, -0.2) is 86.2 Å². The Bertz CT molecular complexity index is 1040. The Hall–Kier alpha value is -2.19. The molecule has 1 aliphatic rings. The maximum atomic E-state index is 13.5. The highest BCUT2D eigenvalue weighted by atomic mass is 32.2. The van der Waals surface area contributed by atoms with E-state index in [4.69, 9.17) is 23.7 Å². The molecule has 1 fully saturated rings. The lowest BCUT2D eigenvalue weighted by atomic mass is 10.2. The van der Waals surface area contributed by atoms with E-state index < -0.39 is 21.2 Å². The predicted molar refractivity (Wildman–Crippen MR) is 126 cm³/mol. The Morgan fingerprint density at radius 1 is 1.09 bits per heavy atom. The average molecular weight is 514 g/mol. The van der Waals surface area contributed by atoms with Gasteiger partial charge < -0.3 is 28.3 Å². The van der Waals surface area contributed by atoms with Gasteiger partial charge in [-0.3, -0.25) is 0 Å². The van der Waals surface area contributed by atoms with Crippen LogP contribution >= 0.6 is 0 Å². The summed E-state index contributed by atoms with van der Waals surface area (Å²) in [4.78, 5) is 8.42. The van der Waals surface area contributed by atoms with E-state index in [2.05, 4.69) is 20.2 Å². The molecule has 2 aromatic heterocycles. The van der Waals surface area contributed by atoms with Crippen LogP contribution in [0.5, 0.6) is 5.75 Å². The minimum absolute atomic E-state index is 0.0904. The molecule has 3 rings (SSSR count). The quantitative estimate of drug-likeness (QED) is 0.388. The summed E-state index contributed by atoms with van der Waals surface area (Å²) >= 11 is 0. The molecular formula is C22H35N5O7S. The zero-order valence-corrected chi connectivity index (χ0v) is 21.9. The molecule has 0 aliphatic carbocycles. The maximum Gasteiger partial charge on any atom is 0.163 e. The fourth-order valence-corrected chi connectivity index (χ4v) is 5.64. The van der Waals surface area contributed by atoms with Gasteiger partial charge in [-0.05, 0) is 26.7 Å². The Morgan fingerprint density at radius 2 is 1.74 bits per heavy atom. The number of methoxy groups -OCH3 is 4. The third-order valence-electron chi connectivity index (χ3n) is 6.11. The van der Waals surface area contributed by atoms with Crippen LogP contribution in [0.1, 0.15) is 62.4 Å². The molecule has 3 heterocycles. The van der Waals surface area contributed by atoms with E-state index in [0.717, 1.165) is 12.8 Å². The number of aromatic nitrogens is 5. The zero-order valence-electron chi connectivity index (χ0n) is 21.1. The van der Waals surface area contributed by atoms with Gasteiger partial charge in [0.25, 0.3) is 0 Å². The van der Waals surface area contributed by atoms with Gasteiger partial charge in [-0.2, -0.15) is 0 Å². The van der Waals surface area contributed by atoms with Crippen molar-refractivity contribution in [2.45, 2.75) is 62.0 Å². The van der Waals surface area contributed by atoms with Crippen molar-refractivity contribution in [2.75, 3.05) is 41.7 Å². The van der Waals surface area contributed by atoms with Gasteiger partial charge in [0.2, 0.25) is 0 Å². The van der Waals surface area contributed by atoms with Crippen molar-refractivity contribution in [3.63, 3.8) is 0 Å². The molecule has 2 aromatic rings. The number of sulfone groups is 1. The summed E-state index contributed by atoms with van der Waals surface area (Å²) in [7, 11) is 2.31. The van der Waals surface area contributed by atoms with Crippen molar-refractivity contribution in [1.82, 2.24) is 24.7 Å². The third kappa shape index (κ3) is 6.33. The van der Waals surface area contributed by atoms with Crippen molar-refractivity contribution in [1.29, 1.82) is 0 Å². The van der Waals surface area contributed by atoms with Crippen LogP contribution in [0.3, 0.4) is 0 Å². The van der Waals surface area contributed by atoms with Crippen LogP contribution in [0.15, 0.2) is 12.4 Å². The minimum Gasteiger partial charge on any atom is -0.494 e. The summed E-state index contributed by atoms with van der Waals surface area (Å²) in [5.74, 6) is 1.22. The van der Waals surface area contributed by atoms with E-state index in [1.807, 2.05) is 6.92 Å². The van der Waals surface area contributed by atoms with Gasteiger partial charge in [-0.1, -0.05) is 0 Å². The van der Waals surface area contributed by atoms with Gasteiger partial charge in [0.15, 0.2) is 27.2 Å². The standard InChI is InChI=1S/C22H35N5O7S/c1-14-7-8-18(34-14)22-26-25-19(27(22)16(11-30-3)12-31-4)13-35(28,29)15(2)20(33-6)21-23-9-17(32-5)10-24-21/h9-10,14-16,18,20H,7-8,11-13H2,1-6H3/t14-,15-,18-,20-/m0/s1. The molecule has 35 heavy (non-hydrogen) atoms. The molecular weight excluding hydrogens is 478 g/mol. The Kier molecular flexibility index (Phi) is 9.53. The Morgan fingerprint density at radius 3 is 2.26 bits per heavy atom. The van der Waals surface area contributed by atoms with Crippen molar-refractivity contribution in [3.05, 3.63) is 29.9 Å². The monoisotopic (exact) mass is 513 g/mol. The SMILES string of the molecule is COCC(COC)n1c(CS(=O)(=O)[C@@H](C)[C@H](OC)c2ncc(OC)cn2)nnc1[C@@H]1CC[C@H](C)O1. The van der Waals surface area contributed by atoms with Crippen LogP contribution in [0.25, 0.3) is 0 Å². The topological polar surface area (TPSA) is 137 Å². The molecule has 0 N–H and O–H groups in total. The van der Waals surface area contributed by atoms with Crippen LogP contribution < -0.4 is 4.74 Å². The van der Waals surface area contributed by atoms with Crippen molar-refractivity contribution in [2.24, 2.45) is 0 Å². The molecule has 0 bridgehead atoms. The van der Waals surface area contributed by atoms with E-state index in [-0.39, 0.29) is 29.8 Å². The molecule has 0 radical (unpaired) electrons. The lowest BCUT2D eigenvalue weighted by Crippen LogP contribution is -2.31. The second kappa shape index (κ2) is 12.2.